The van der Waals surface area contributed by atoms with Crippen LogP contribution in [0.4, 0.5) is 13.2 Å². The Morgan fingerprint density at radius 1 is 1.53 bits per heavy atom. The monoisotopic (exact) mass is 249 g/mol. The molecule has 1 N–H and O–H groups in total. The van der Waals surface area contributed by atoms with E-state index < -0.39 is 11.7 Å². The fraction of sp³-hybridized carbons (Fsp3) is 0.700. The van der Waals surface area contributed by atoms with Gasteiger partial charge in [-0.05, 0) is 13.5 Å². The second kappa shape index (κ2) is 4.66. The van der Waals surface area contributed by atoms with Crippen molar-refractivity contribution in [3.05, 3.63) is 18.0 Å². The number of nitrogens with one attached hydrogen (secondary N) is 1. The number of halogens is 3. The van der Waals surface area contributed by atoms with Crippen molar-refractivity contribution in [3.63, 3.8) is 0 Å². The summed E-state index contributed by atoms with van der Waals surface area (Å²) in [6.45, 7) is 1.000. The lowest BCUT2D eigenvalue weighted by Crippen LogP contribution is -2.42. The third-order valence-electron chi connectivity index (χ3n) is 2.97. The molecule has 0 amide bonds. The average Bonchev–Trinajstić information content (AvgIpc) is 2.77. The molecule has 0 bridgehead atoms. The van der Waals surface area contributed by atoms with Gasteiger partial charge in [-0.3, -0.25) is 4.68 Å². The normalized spacial score (nSPS) is 26.1. The molecule has 1 aromatic rings. The maximum atomic E-state index is 12.4. The van der Waals surface area contributed by atoms with Crippen molar-refractivity contribution in [2.45, 2.75) is 24.7 Å². The van der Waals surface area contributed by atoms with Crippen LogP contribution in [-0.2, 0) is 10.9 Å². The molecule has 0 saturated carbocycles. The lowest BCUT2D eigenvalue weighted by atomic mass is 10.0. The summed E-state index contributed by atoms with van der Waals surface area (Å²) in [4.78, 5) is 0. The van der Waals surface area contributed by atoms with Gasteiger partial charge in [-0.2, -0.15) is 18.3 Å². The zero-order valence-corrected chi connectivity index (χ0v) is 9.37. The predicted octanol–water partition coefficient (Wildman–Crippen LogP) is 1.45. The Balaban J connectivity index is 2.18. The number of ether oxygens (including phenoxy) is 1. The minimum absolute atomic E-state index is 0.0877. The first kappa shape index (κ1) is 12.4. The SMILES string of the molecule is CNC1CCOCC1n1cc(C(F)(F)F)cn1. The molecule has 2 atom stereocenters. The van der Waals surface area contributed by atoms with Crippen LogP contribution < -0.4 is 5.32 Å². The first-order chi connectivity index (χ1) is 8.02. The van der Waals surface area contributed by atoms with E-state index in [2.05, 4.69) is 10.4 Å². The van der Waals surface area contributed by atoms with E-state index in [1.807, 2.05) is 0 Å². The van der Waals surface area contributed by atoms with E-state index >= 15 is 0 Å². The van der Waals surface area contributed by atoms with Gasteiger partial charge < -0.3 is 10.1 Å². The van der Waals surface area contributed by atoms with E-state index in [0.717, 1.165) is 18.8 Å². The summed E-state index contributed by atoms with van der Waals surface area (Å²) >= 11 is 0. The van der Waals surface area contributed by atoms with Crippen molar-refractivity contribution >= 4 is 0 Å². The van der Waals surface area contributed by atoms with Crippen molar-refractivity contribution in [3.8, 4) is 0 Å². The van der Waals surface area contributed by atoms with Crippen molar-refractivity contribution in [1.82, 2.24) is 15.1 Å². The molecule has 1 saturated heterocycles. The van der Waals surface area contributed by atoms with Crippen molar-refractivity contribution in [2.75, 3.05) is 20.3 Å². The molecular weight excluding hydrogens is 235 g/mol. The van der Waals surface area contributed by atoms with Crippen LogP contribution in [0.15, 0.2) is 12.4 Å². The predicted molar refractivity (Wildman–Crippen MR) is 54.5 cm³/mol. The van der Waals surface area contributed by atoms with Gasteiger partial charge in [0, 0.05) is 18.8 Å². The van der Waals surface area contributed by atoms with Gasteiger partial charge >= 0.3 is 6.18 Å². The van der Waals surface area contributed by atoms with E-state index in [1.165, 1.54) is 4.68 Å². The maximum absolute atomic E-state index is 12.4. The highest BCUT2D eigenvalue weighted by atomic mass is 19.4. The molecule has 0 aliphatic carbocycles. The number of alkyl halides is 3. The molecular formula is C10H14F3N3O. The van der Waals surface area contributed by atoms with E-state index in [0.29, 0.717) is 13.2 Å². The van der Waals surface area contributed by atoms with E-state index in [-0.39, 0.29) is 12.1 Å². The number of rotatable bonds is 2. The molecule has 0 radical (unpaired) electrons. The summed E-state index contributed by atoms with van der Waals surface area (Å²) in [6.07, 6.45) is -1.70. The van der Waals surface area contributed by atoms with Gasteiger partial charge in [0.1, 0.15) is 0 Å². The quantitative estimate of drug-likeness (QED) is 0.862. The topological polar surface area (TPSA) is 39.1 Å². The standard InChI is InChI=1S/C10H14F3N3O/c1-14-8-2-3-17-6-9(8)16-5-7(4-15-16)10(11,12)13/h4-5,8-9,14H,2-3,6H2,1H3. The third-order valence-corrected chi connectivity index (χ3v) is 2.97. The number of likely N-dealkylation sites (N-methyl/N-ethyl adjacent to an activating group) is 1. The zero-order chi connectivity index (χ0) is 12.5. The second-order valence-corrected chi connectivity index (χ2v) is 4.03. The van der Waals surface area contributed by atoms with E-state index in [1.54, 1.807) is 7.05 Å². The molecule has 4 nitrogen and oxygen atoms in total. The van der Waals surface area contributed by atoms with Gasteiger partial charge in [0.15, 0.2) is 0 Å². The van der Waals surface area contributed by atoms with Crippen LogP contribution in [0.3, 0.4) is 0 Å². The molecule has 96 valence electrons. The van der Waals surface area contributed by atoms with Gasteiger partial charge in [-0.15, -0.1) is 0 Å². The fourth-order valence-corrected chi connectivity index (χ4v) is 1.99. The fourth-order valence-electron chi connectivity index (χ4n) is 1.99. The molecule has 2 rings (SSSR count). The second-order valence-electron chi connectivity index (χ2n) is 4.03. The van der Waals surface area contributed by atoms with E-state index in [9.17, 15) is 13.2 Å². The highest BCUT2D eigenvalue weighted by molar-refractivity contribution is 5.09. The van der Waals surface area contributed by atoms with Gasteiger partial charge in [-0.25, -0.2) is 0 Å². The minimum Gasteiger partial charge on any atom is -0.379 e. The number of hydrogen-bond donors (Lipinski definition) is 1. The van der Waals surface area contributed by atoms with Crippen LogP contribution >= 0.6 is 0 Å². The number of aromatic nitrogens is 2. The molecule has 2 unspecified atom stereocenters. The molecule has 17 heavy (non-hydrogen) atoms. The third kappa shape index (κ3) is 2.61. The first-order valence-corrected chi connectivity index (χ1v) is 5.38. The van der Waals surface area contributed by atoms with Gasteiger partial charge in [0.25, 0.3) is 0 Å². The summed E-state index contributed by atoms with van der Waals surface area (Å²) < 4.78 is 44.0. The van der Waals surface area contributed by atoms with Crippen LogP contribution in [0.2, 0.25) is 0 Å². The molecule has 0 aromatic carbocycles. The van der Waals surface area contributed by atoms with Crippen molar-refractivity contribution in [2.24, 2.45) is 0 Å². The molecule has 1 aliphatic rings. The van der Waals surface area contributed by atoms with Crippen LogP contribution in [0.1, 0.15) is 18.0 Å². The van der Waals surface area contributed by atoms with Gasteiger partial charge in [0.2, 0.25) is 0 Å². The highest BCUT2D eigenvalue weighted by Crippen LogP contribution is 2.30. The molecule has 0 spiro atoms. The Labute approximate surface area is 96.7 Å². The van der Waals surface area contributed by atoms with Crippen molar-refractivity contribution < 1.29 is 17.9 Å². The molecule has 1 fully saturated rings. The Hall–Kier alpha value is -1.08. The molecule has 7 heteroatoms. The number of hydrogen-bond acceptors (Lipinski definition) is 3. The summed E-state index contributed by atoms with van der Waals surface area (Å²) in [5.74, 6) is 0. The van der Waals surface area contributed by atoms with Crippen LogP contribution in [-0.4, -0.2) is 36.1 Å². The summed E-state index contributed by atoms with van der Waals surface area (Å²) in [5, 5.41) is 6.86. The van der Waals surface area contributed by atoms with Crippen LogP contribution in [0, 0.1) is 0 Å². The Kier molecular flexibility index (Phi) is 3.39. The van der Waals surface area contributed by atoms with Crippen molar-refractivity contribution in [1.29, 1.82) is 0 Å². The van der Waals surface area contributed by atoms with E-state index in [4.69, 9.17) is 4.74 Å². The van der Waals surface area contributed by atoms with Gasteiger partial charge in [-0.1, -0.05) is 0 Å². The van der Waals surface area contributed by atoms with Crippen LogP contribution in [0.5, 0.6) is 0 Å². The Morgan fingerprint density at radius 2 is 2.29 bits per heavy atom. The van der Waals surface area contributed by atoms with Crippen LogP contribution in [0.25, 0.3) is 0 Å². The van der Waals surface area contributed by atoms with Gasteiger partial charge in [0.05, 0.1) is 24.4 Å². The summed E-state index contributed by atoms with van der Waals surface area (Å²) in [5.41, 5.74) is -0.724. The average molecular weight is 249 g/mol. The highest BCUT2D eigenvalue weighted by Gasteiger charge is 2.34. The lowest BCUT2D eigenvalue weighted by molar-refractivity contribution is -0.137. The first-order valence-electron chi connectivity index (χ1n) is 5.38. The smallest absolute Gasteiger partial charge is 0.379 e. The lowest BCUT2D eigenvalue weighted by Gasteiger charge is -2.31. The summed E-state index contributed by atoms with van der Waals surface area (Å²) in [7, 11) is 1.79. The summed E-state index contributed by atoms with van der Waals surface area (Å²) in [6, 6.07) is -0.102. The molecule has 2 heterocycles. The maximum Gasteiger partial charge on any atom is 0.419 e. The Morgan fingerprint density at radius 3 is 2.88 bits per heavy atom. The molecule has 1 aromatic heterocycles. The minimum atomic E-state index is -4.34. The Bertz CT molecular complexity index is 377. The molecule has 1 aliphatic heterocycles. The zero-order valence-electron chi connectivity index (χ0n) is 9.37. The number of nitrogens with zero attached hydrogens (tertiary/aromatic N) is 2. The largest absolute Gasteiger partial charge is 0.419 e.